The molecule has 72 valence electrons. The maximum Gasteiger partial charge on any atom is 0.0681 e. The smallest absolute Gasteiger partial charge is 0.0681 e. The maximum absolute atomic E-state index is 8.92. The zero-order chi connectivity index (χ0) is 9.68. The highest BCUT2D eigenvalue weighted by Gasteiger charge is 1.98. The van der Waals surface area contributed by atoms with Gasteiger partial charge in [0, 0.05) is 5.33 Å². The van der Waals surface area contributed by atoms with Gasteiger partial charge < -0.3 is 5.11 Å². The van der Waals surface area contributed by atoms with Crippen molar-refractivity contribution in [2.75, 3.05) is 5.33 Å². The van der Waals surface area contributed by atoms with Crippen molar-refractivity contribution in [2.45, 2.75) is 26.4 Å². The predicted octanol–water partition coefficient (Wildman–Crippen LogP) is 2.81. The van der Waals surface area contributed by atoms with Gasteiger partial charge in [-0.25, -0.2) is 0 Å². The van der Waals surface area contributed by atoms with E-state index in [0.29, 0.717) is 0 Å². The average molecular weight is 243 g/mol. The molecule has 0 heterocycles. The Hall–Kier alpha value is -0.340. The molecule has 1 rings (SSSR count). The van der Waals surface area contributed by atoms with Crippen LogP contribution in [0.15, 0.2) is 18.2 Å². The van der Waals surface area contributed by atoms with Gasteiger partial charge in [0.2, 0.25) is 0 Å². The summed E-state index contributed by atoms with van der Waals surface area (Å²) in [6.45, 7) is 2.24. The van der Waals surface area contributed by atoms with Crippen LogP contribution >= 0.6 is 15.9 Å². The van der Waals surface area contributed by atoms with E-state index >= 15 is 0 Å². The van der Waals surface area contributed by atoms with Gasteiger partial charge >= 0.3 is 0 Å². The number of hydrogen-bond acceptors (Lipinski definition) is 1. The van der Waals surface area contributed by atoms with Crippen LogP contribution in [-0.2, 0) is 13.0 Å². The summed E-state index contributed by atoms with van der Waals surface area (Å²) in [7, 11) is 0. The summed E-state index contributed by atoms with van der Waals surface area (Å²) in [5.41, 5.74) is 3.67. The normalized spacial score (nSPS) is 10.4. The van der Waals surface area contributed by atoms with Crippen molar-refractivity contribution in [1.29, 1.82) is 0 Å². The van der Waals surface area contributed by atoms with Crippen LogP contribution in [0.1, 0.15) is 23.1 Å². The van der Waals surface area contributed by atoms with Gasteiger partial charge in [-0.2, -0.15) is 0 Å². The van der Waals surface area contributed by atoms with Gasteiger partial charge in [0.15, 0.2) is 0 Å². The average Bonchev–Trinajstić information content (AvgIpc) is 2.16. The molecule has 0 radical (unpaired) electrons. The Balaban J connectivity index is 2.73. The van der Waals surface area contributed by atoms with E-state index in [-0.39, 0.29) is 6.61 Å². The first-order valence-corrected chi connectivity index (χ1v) is 5.65. The van der Waals surface area contributed by atoms with Crippen molar-refractivity contribution in [3.05, 3.63) is 34.9 Å². The number of halogens is 1. The molecule has 0 amide bonds. The van der Waals surface area contributed by atoms with Crippen molar-refractivity contribution >= 4 is 15.9 Å². The van der Waals surface area contributed by atoms with E-state index in [1.165, 1.54) is 17.5 Å². The zero-order valence-corrected chi connectivity index (χ0v) is 9.47. The molecule has 0 atom stereocenters. The molecule has 0 fully saturated rings. The lowest BCUT2D eigenvalue weighted by Gasteiger charge is -2.06. The molecule has 1 N–H and O–H groups in total. The first kappa shape index (κ1) is 10.7. The Kier molecular flexibility index (Phi) is 4.46. The van der Waals surface area contributed by atoms with E-state index in [0.717, 1.165) is 17.3 Å². The molecule has 0 aliphatic carbocycles. The van der Waals surface area contributed by atoms with Gasteiger partial charge in [-0.15, -0.1) is 0 Å². The van der Waals surface area contributed by atoms with Crippen LogP contribution in [0, 0.1) is 6.92 Å². The van der Waals surface area contributed by atoms with Gasteiger partial charge in [0.1, 0.15) is 0 Å². The van der Waals surface area contributed by atoms with Crippen LogP contribution in [-0.4, -0.2) is 10.4 Å². The van der Waals surface area contributed by atoms with Crippen molar-refractivity contribution in [3.8, 4) is 0 Å². The zero-order valence-electron chi connectivity index (χ0n) is 7.89. The van der Waals surface area contributed by atoms with Crippen LogP contribution in [0.3, 0.4) is 0 Å². The van der Waals surface area contributed by atoms with E-state index in [1.54, 1.807) is 0 Å². The summed E-state index contributed by atoms with van der Waals surface area (Å²) in [6.07, 6.45) is 2.28. The molecular formula is C11H15BrO. The molecule has 1 aromatic rings. The number of alkyl halides is 1. The van der Waals surface area contributed by atoms with Crippen LogP contribution in [0.2, 0.25) is 0 Å². The summed E-state index contributed by atoms with van der Waals surface area (Å²) >= 11 is 3.42. The lowest BCUT2D eigenvalue weighted by molar-refractivity contribution is 0.281. The van der Waals surface area contributed by atoms with Crippen LogP contribution < -0.4 is 0 Å². The third-order valence-corrected chi connectivity index (χ3v) is 2.73. The van der Waals surface area contributed by atoms with Crippen LogP contribution in [0.4, 0.5) is 0 Å². The van der Waals surface area contributed by atoms with Crippen molar-refractivity contribution in [3.63, 3.8) is 0 Å². The van der Waals surface area contributed by atoms with E-state index < -0.39 is 0 Å². The molecular weight excluding hydrogens is 228 g/mol. The summed E-state index contributed by atoms with van der Waals surface area (Å²) < 4.78 is 0. The molecule has 1 aromatic carbocycles. The minimum Gasteiger partial charge on any atom is -0.392 e. The number of hydrogen-bond donors (Lipinski definition) is 1. The Morgan fingerprint density at radius 3 is 2.69 bits per heavy atom. The second kappa shape index (κ2) is 5.40. The fourth-order valence-electron chi connectivity index (χ4n) is 1.39. The third kappa shape index (κ3) is 3.12. The fourth-order valence-corrected chi connectivity index (χ4v) is 1.67. The molecule has 0 saturated heterocycles. The number of aliphatic hydroxyl groups excluding tert-OH is 1. The fraction of sp³-hybridized carbons (Fsp3) is 0.455. The largest absolute Gasteiger partial charge is 0.392 e. The SMILES string of the molecule is Cc1cc(CO)ccc1CCCBr. The van der Waals surface area contributed by atoms with E-state index in [1.807, 2.05) is 6.07 Å². The lowest BCUT2D eigenvalue weighted by Crippen LogP contribution is -1.92. The standard InChI is InChI=1S/C11H15BrO/c1-9-7-10(8-13)4-5-11(9)3-2-6-12/h4-5,7,13H,2-3,6,8H2,1H3. The number of rotatable bonds is 4. The summed E-state index contributed by atoms with van der Waals surface area (Å²) in [6, 6.07) is 6.17. The molecule has 1 nitrogen and oxygen atoms in total. The van der Waals surface area contributed by atoms with Gasteiger partial charge in [-0.05, 0) is 36.5 Å². The Bertz CT molecular complexity index is 271. The molecule has 0 saturated carbocycles. The topological polar surface area (TPSA) is 20.2 Å². The van der Waals surface area contributed by atoms with E-state index in [9.17, 15) is 0 Å². The first-order valence-electron chi connectivity index (χ1n) is 4.53. The highest BCUT2D eigenvalue weighted by atomic mass is 79.9. The second-order valence-corrected chi connectivity index (χ2v) is 4.00. The first-order chi connectivity index (χ1) is 6.27. The summed E-state index contributed by atoms with van der Waals surface area (Å²) in [4.78, 5) is 0. The maximum atomic E-state index is 8.92. The van der Waals surface area contributed by atoms with Crippen molar-refractivity contribution in [1.82, 2.24) is 0 Å². The van der Waals surface area contributed by atoms with Crippen molar-refractivity contribution < 1.29 is 5.11 Å². The number of benzene rings is 1. The van der Waals surface area contributed by atoms with Gasteiger partial charge in [0.25, 0.3) is 0 Å². The van der Waals surface area contributed by atoms with Crippen LogP contribution in [0.25, 0.3) is 0 Å². The molecule has 0 aliphatic heterocycles. The second-order valence-electron chi connectivity index (χ2n) is 3.21. The highest BCUT2D eigenvalue weighted by Crippen LogP contribution is 2.13. The van der Waals surface area contributed by atoms with Gasteiger partial charge in [0.05, 0.1) is 6.61 Å². The molecule has 0 unspecified atom stereocenters. The van der Waals surface area contributed by atoms with E-state index in [2.05, 4.69) is 35.0 Å². The Morgan fingerprint density at radius 2 is 2.15 bits per heavy atom. The van der Waals surface area contributed by atoms with Gasteiger partial charge in [-0.1, -0.05) is 34.1 Å². The molecule has 13 heavy (non-hydrogen) atoms. The molecule has 2 heteroatoms. The highest BCUT2D eigenvalue weighted by molar-refractivity contribution is 9.09. The monoisotopic (exact) mass is 242 g/mol. The predicted molar refractivity (Wildman–Crippen MR) is 59.2 cm³/mol. The quantitative estimate of drug-likeness (QED) is 0.806. The van der Waals surface area contributed by atoms with Crippen molar-refractivity contribution in [2.24, 2.45) is 0 Å². The van der Waals surface area contributed by atoms with E-state index in [4.69, 9.17) is 5.11 Å². The summed E-state index contributed by atoms with van der Waals surface area (Å²) in [5, 5.41) is 9.97. The Morgan fingerprint density at radius 1 is 1.38 bits per heavy atom. The lowest BCUT2D eigenvalue weighted by atomic mass is 10.0. The molecule has 0 bridgehead atoms. The summed E-state index contributed by atoms with van der Waals surface area (Å²) in [5.74, 6) is 0. The number of aliphatic hydroxyl groups is 1. The Labute approximate surface area is 87.9 Å². The molecule has 0 aromatic heterocycles. The van der Waals surface area contributed by atoms with Crippen LogP contribution in [0.5, 0.6) is 0 Å². The minimum atomic E-state index is 0.138. The minimum absolute atomic E-state index is 0.138. The molecule has 0 aliphatic rings. The number of aryl methyl sites for hydroxylation is 2. The van der Waals surface area contributed by atoms with Gasteiger partial charge in [-0.3, -0.25) is 0 Å². The molecule has 0 spiro atoms. The third-order valence-electron chi connectivity index (χ3n) is 2.17.